The van der Waals surface area contributed by atoms with Crippen LogP contribution in [0.5, 0.6) is 0 Å². The average molecular weight is 299 g/mol. The summed E-state index contributed by atoms with van der Waals surface area (Å²) in [5.74, 6) is 0.805. The molecule has 4 aromatic rings. The van der Waals surface area contributed by atoms with Gasteiger partial charge in [0.25, 0.3) is 0 Å². The molecule has 0 fully saturated rings. The second-order valence-corrected chi connectivity index (χ2v) is 5.75. The van der Waals surface area contributed by atoms with Gasteiger partial charge in [0, 0.05) is 37.2 Å². The standard InChI is InChI=1S/C13H13N7S/c1-9(10-7-19-5-6-21-13(19)15-10)20-8-11(16-17-20)12-14-3-4-18(12)2/h3-9H,1-2H3/t9-/m0/s1. The van der Waals surface area contributed by atoms with E-state index in [0.717, 1.165) is 22.2 Å². The summed E-state index contributed by atoms with van der Waals surface area (Å²) < 4.78 is 5.76. The van der Waals surface area contributed by atoms with Gasteiger partial charge < -0.3 is 4.57 Å². The van der Waals surface area contributed by atoms with Crippen molar-refractivity contribution >= 4 is 16.3 Å². The van der Waals surface area contributed by atoms with Gasteiger partial charge in [0.15, 0.2) is 10.8 Å². The van der Waals surface area contributed by atoms with Gasteiger partial charge in [0.2, 0.25) is 0 Å². The minimum absolute atomic E-state index is 0.0265. The highest BCUT2D eigenvalue weighted by Gasteiger charge is 2.16. The molecular weight excluding hydrogens is 286 g/mol. The van der Waals surface area contributed by atoms with Crippen LogP contribution in [0, 0.1) is 0 Å². The molecule has 21 heavy (non-hydrogen) atoms. The Hall–Kier alpha value is -2.48. The normalized spacial score (nSPS) is 13.0. The van der Waals surface area contributed by atoms with Gasteiger partial charge in [-0.25, -0.2) is 14.6 Å². The fraction of sp³-hybridized carbons (Fsp3) is 0.231. The van der Waals surface area contributed by atoms with Crippen LogP contribution in [-0.2, 0) is 7.05 Å². The van der Waals surface area contributed by atoms with Gasteiger partial charge in [0.1, 0.15) is 5.69 Å². The van der Waals surface area contributed by atoms with Crippen molar-refractivity contribution in [3.63, 3.8) is 0 Å². The van der Waals surface area contributed by atoms with Crippen molar-refractivity contribution in [1.29, 1.82) is 0 Å². The van der Waals surface area contributed by atoms with Gasteiger partial charge in [0.05, 0.1) is 17.9 Å². The lowest BCUT2D eigenvalue weighted by Gasteiger charge is -2.07. The maximum absolute atomic E-state index is 4.61. The Morgan fingerprint density at radius 3 is 2.90 bits per heavy atom. The first-order valence-electron chi connectivity index (χ1n) is 6.54. The summed E-state index contributed by atoms with van der Waals surface area (Å²) in [6.07, 6.45) is 9.57. The SMILES string of the molecule is C[C@@H](c1cn2ccsc2n1)n1cc(-c2nccn2C)nn1. The predicted octanol–water partition coefficient (Wildman–Crippen LogP) is 2.00. The highest BCUT2D eigenvalue weighted by atomic mass is 32.1. The molecule has 0 bridgehead atoms. The highest BCUT2D eigenvalue weighted by molar-refractivity contribution is 7.15. The lowest BCUT2D eigenvalue weighted by atomic mass is 10.2. The van der Waals surface area contributed by atoms with Crippen LogP contribution in [0.2, 0.25) is 0 Å². The van der Waals surface area contributed by atoms with Crippen molar-refractivity contribution in [2.24, 2.45) is 7.05 Å². The summed E-state index contributed by atoms with van der Waals surface area (Å²) >= 11 is 1.62. The number of rotatable bonds is 3. The van der Waals surface area contributed by atoms with Gasteiger partial charge >= 0.3 is 0 Å². The van der Waals surface area contributed by atoms with Crippen LogP contribution in [0.1, 0.15) is 18.7 Å². The van der Waals surface area contributed by atoms with E-state index in [-0.39, 0.29) is 6.04 Å². The zero-order valence-electron chi connectivity index (χ0n) is 11.6. The van der Waals surface area contributed by atoms with Crippen molar-refractivity contribution in [1.82, 2.24) is 33.9 Å². The van der Waals surface area contributed by atoms with Crippen molar-refractivity contribution in [2.75, 3.05) is 0 Å². The van der Waals surface area contributed by atoms with E-state index in [1.54, 1.807) is 17.5 Å². The largest absolute Gasteiger partial charge is 0.333 e. The Morgan fingerprint density at radius 2 is 2.14 bits per heavy atom. The van der Waals surface area contributed by atoms with Gasteiger partial charge in [-0.15, -0.1) is 16.4 Å². The second kappa shape index (κ2) is 4.52. The molecule has 0 aliphatic rings. The molecular formula is C13H13N7S. The second-order valence-electron chi connectivity index (χ2n) is 4.88. The topological polar surface area (TPSA) is 65.8 Å². The van der Waals surface area contributed by atoms with Crippen LogP contribution in [0.25, 0.3) is 16.5 Å². The molecule has 0 radical (unpaired) electrons. The first-order valence-corrected chi connectivity index (χ1v) is 7.42. The van der Waals surface area contributed by atoms with E-state index < -0.39 is 0 Å². The maximum atomic E-state index is 4.61. The van der Waals surface area contributed by atoms with Crippen molar-refractivity contribution in [3.8, 4) is 11.5 Å². The third-order valence-corrected chi connectivity index (χ3v) is 4.27. The first kappa shape index (κ1) is 12.3. The summed E-state index contributed by atoms with van der Waals surface area (Å²) in [6, 6.07) is 0.0265. The van der Waals surface area contributed by atoms with E-state index in [1.165, 1.54) is 0 Å². The molecule has 0 saturated carbocycles. The van der Waals surface area contributed by atoms with E-state index >= 15 is 0 Å². The zero-order chi connectivity index (χ0) is 14.4. The van der Waals surface area contributed by atoms with E-state index in [1.807, 2.05) is 50.9 Å². The lowest BCUT2D eigenvalue weighted by molar-refractivity contribution is 0.534. The fourth-order valence-corrected chi connectivity index (χ4v) is 2.97. The Morgan fingerprint density at radius 1 is 1.24 bits per heavy atom. The van der Waals surface area contributed by atoms with Crippen LogP contribution in [0.15, 0.2) is 36.4 Å². The molecule has 4 heterocycles. The smallest absolute Gasteiger partial charge is 0.193 e. The Kier molecular flexibility index (Phi) is 2.64. The fourth-order valence-electron chi connectivity index (χ4n) is 2.26. The number of imidazole rings is 2. The molecule has 7 nitrogen and oxygen atoms in total. The third kappa shape index (κ3) is 1.95. The Balaban J connectivity index is 1.68. The van der Waals surface area contributed by atoms with Crippen LogP contribution in [-0.4, -0.2) is 33.9 Å². The molecule has 0 saturated heterocycles. The lowest BCUT2D eigenvalue weighted by Crippen LogP contribution is -2.07. The number of hydrogen-bond donors (Lipinski definition) is 0. The van der Waals surface area contributed by atoms with Crippen LogP contribution >= 0.6 is 11.3 Å². The number of nitrogens with zero attached hydrogens (tertiary/aromatic N) is 7. The van der Waals surface area contributed by atoms with Gasteiger partial charge in [-0.1, -0.05) is 5.21 Å². The molecule has 106 valence electrons. The maximum Gasteiger partial charge on any atom is 0.193 e. The van der Waals surface area contributed by atoms with Crippen molar-refractivity contribution in [3.05, 3.63) is 42.1 Å². The van der Waals surface area contributed by atoms with Crippen molar-refractivity contribution in [2.45, 2.75) is 13.0 Å². The van der Waals surface area contributed by atoms with Gasteiger partial charge in [-0.05, 0) is 6.92 Å². The van der Waals surface area contributed by atoms with Gasteiger partial charge in [-0.2, -0.15) is 0 Å². The number of aromatic nitrogens is 7. The highest BCUT2D eigenvalue weighted by Crippen LogP contribution is 2.21. The van der Waals surface area contributed by atoms with Crippen LogP contribution in [0.4, 0.5) is 0 Å². The first-order chi connectivity index (χ1) is 10.2. The number of aryl methyl sites for hydroxylation is 1. The van der Waals surface area contributed by atoms with Crippen LogP contribution in [0.3, 0.4) is 0 Å². The number of hydrogen-bond acceptors (Lipinski definition) is 5. The molecule has 0 aliphatic heterocycles. The summed E-state index contributed by atoms with van der Waals surface area (Å²) in [4.78, 5) is 9.88. The molecule has 0 aliphatic carbocycles. The summed E-state index contributed by atoms with van der Waals surface area (Å²) in [5, 5.41) is 10.4. The minimum Gasteiger partial charge on any atom is -0.333 e. The van der Waals surface area contributed by atoms with E-state index in [9.17, 15) is 0 Å². The van der Waals surface area contributed by atoms with E-state index in [2.05, 4.69) is 27.2 Å². The average Bonchev–Trinajstić information content (AvgIpc) is 3.20. The molecule has 0 aromatic carbocycles. The molecule has 0 spiro atoms. The number of thiazole rings is 1. The molecule has 1 atom stereocenters. The molecule has 0 amide bonds. The van der Waals surface area contributed by atoms with Gasteiger partial charge in [-0.3, -0.25) is 4.40 Å². The van der Waals surface area contributed by atoms with E-state index in [4.69, 9.17) is 0 Å². The van der Waals surface area contributed by atoms with Crippen molar-refractivity contribution < 1.29 is 0 Å². The van der Waals surface area contributed by atoms with Crippen LogP contribution < -0.4 is 0 Å². The molecule has 0 N–H and O–H groups in total. The molecule has 8 heteroatoms. The Labute approximate surface area is 124 Å². The molecule has 0 unspecified atom stereocenters. The zero-order valence-corrected chi connectivity index (χ0v) is 12.4. The summed E-state index contributed by atoms with van der Waals surface area (Å²) in [7, 11) is 1.94. The number of fused-ring (bicyclic) bond motifs is 1. The molecule has 4 rings (SSSR count). The monoisotopic (exact) mass is 299 g/mol. The minimum atomic E-state index is 0.0265. The Bertz CT molecular complexity index is 868. The summed E-state index contributed by atoms with van der Waals surface area (Å²) in [5.41, 5.74) is 1.73. The predicted molar refractivity (Wildman–Crippen MR) is 79.1 cm³/mol. The quantitative estimate of drug-likeness (QED) is 0.580. The van der Waals surface area contributed by atoms with E-state index in [0.29, 0.717) is 0 Å². The molecule has 4 aromatic heterocycles. The third-order valence-electron chi connectivity index (χ3n) is 3.50. The summed E-state index contributed by atoms with van der Waals surface area (Å²) in [6.45, 7) is 2.06.